The lowest BCUT2D eigenvalue weighted by Crippen LogP contribution is -2.71. The maximum atomic E-state index is 13.8. The fourth-order valence-electron chi connectivity index (χ4n) is 7.02. The Balaban J connectivity index is 1.67. The summed E-state index contributed by atoms with van der Waals surface area (Å²) < 4.78 is 0. The van der Waals surface area contributed by atoms with Gasteiger partial charge >= 0.3 is 0 Å². The molecule has 10 nitrogen and oxygen atoms in total. The van der Waals surface area contributed by atoms with E-state index in [-0.39, 0.29) is 23.3 Å². The number of amides is 1. The Hall–Kier alpha value is -2.95. The van der Waals surface area contributed by atoms with Crippen molar-refractivity contribution in [1.82, 2.24) is 4.90 Å². The van der Waals surface area contributed by atoms with E-state index in [1.807, 2.05) is 6.07 Å². The lowest BCUT2D eigenvalue weighted by molar-refractivity contribution is -0.178. The molecule has 4 aliphatic rings. The number of Topliss-reactive ketones (excluding diaryl/α,β-unsaturated/α-hetero) is 2. The number of nitrogens with zero attached hydrogens (tertiary/aromatic N) is 2. The number of likely N-dealkylation sites (N-methyl/N-ethyl adjacent to an activating group) is 1. The van der Waals surface area contributed by atoms with Crippen molar-refractivity contribution < 1.29 is 34.8 Å². The van der Waals surface area contributed by atoms with Crippen molar-refractivity contribution in [3.05, 3.63) is 34.6 Å². The van der Waals surface area contributed by atoms with Gasteiger partial charge < -0.3 is 36.0 Å². The maximum Gasteiger partial charge on any atom is 0.230 e. The number of aliphatic hydroxyl groups is 3. The van der Waals surface area contributed by atoms with Gasteiger partial charge in [-0.3, -0.25) is 14.4 Å². The quantitative estimate of drug-likeness (QED) is 0.367. The van der Waals surface area contributed by atoms with Crippen LogP contribution < -0.4 is 10.6 Å². The number of hydrogen-bond donors (Lipinski definition) is 5. The highest BCUT2D eigenvalue weighted by Gasteiger charge is 2.66. The largest absolute Gasteiger partial charge is 0.508 e. The third-order valence-electron chi connectivity index (χ3n) is 8.65. The summed E-state index contributed by atoms with van der Waals surface area (Å²) in [5.74, 6) is -7.18. The number of ketones is 2. The molecule has 36 heavy (non-hydrogen) atoms. The summed E-state index contributed by atoms with van der Waals surface area (Å²) in [4.78, 5) is 43.1. The summed E-state index contributed by atoms with van der Waals surface area (Å²) in [6.07, 6.45) is 2.14. The number of benzene rings is 1. The molecule has 3 aliphatic carbocycles. The van der Waals surface area contributed by atoms with Crippen LogP contribution in [0.3, 0.4) is 0 Å². The van der Waals surface area contributed by atoms with Gasteiger partial charge in [0.25, 0.3) is 0 Å². The first-order valence-electron chi connectivity index (χ1n) is 12.5. The third kappa shape index (κ3) is 3.31. The second-order valence-corrected chi connectivity index (χ2v) is 10.8. The third-order valence-corrected chi connectivity index (χ3v) is 8.65. The van der Waals surface area contributed by atoms with Crippen LogP contribution in [0.4, 0.5) is 5.69 Å². The predicted octanol–water partition coefficient (Wildman–Crippen LogP) is 0.276. The highest BCUT2D eigenvalue weighted by Crippen LogP contribution is 2.53. The standard InChI is InChI=1S/C26H33N3O7/c1-28(2)20-14-11-12-10-13-15(29-8-4-3-5-9-29)6-7-16(30)18(13)21(31)17(12)23(33)26(14,36)24(34)19(22(20)32)25(27)35/h6-7,12,14,19-20,22,30,32-33,36H,3-5,8-11H2,1-2H3,(H2,27,35)/t12-,14-,19?,20?,22?,26-/m0/s1. The monoisotopic (exact) mass is 499 g/mol. The Morgan fingerprint density at radius 2 is 1.81 bits per heavy atom. The Morgan fingerprint density at radius 3 is 2.42 bits per heavy atom. The maximum absolute atomic E-state index is 13.8. The van der Waals surface area contributed by atoms with Crippen molar-refractivity contribution in [3.63, 3.8) is 0 Å². The van der Waals surface area contributed by atoms with Crippen molar-refractivity contribution in [2.24, 2.45) is 23.5 Å². The summed E-state index contributed by atoms with van der Waals surface area (Å²) >= 11 is 0. The number of allylic oxidation sites excluding steroid dienone is 1. The van der Waals surface area contributed by atoms with Crippen LogP contribution in [-0.2, 0) is 16.0 Å². The summed E-state index contributed by atoms with van der Waals surface area (Å²) in [5, 5.41) is 44.7. The highest BCUT2D eigenvalue weighted by molar-refractivity contribution is 6.16. The molecule has 1 saturated carbocycles. The number of aliphatic hydroxyl groups excluding tert-OH is 2. The van der Waals surface area contributed by atoms with E-state index in [9.17, 15) is 34.8 Å². The van der Waals surface area contributed by atoms with E-state index in [0.29, 0.717) is 12.0 Å². The average Bonchev–Trinajstić information content (AvgIpc) is 2.81. The molecule has 1 amide bonds. The second-order valence-electron chi connectivity index (χ2n) is 10.8. The first-order valence-corrected chi connectivity index (χ1v) is 12.5. The predicted molar refractivity (Wildman–Crippen MR) is 130 cm³/mol. The number of phenolic OH excluding ortho intramolecular Hbond substituents is 1. The lowest BCUT2D eigenvalue weighted by atomic mass is 9.56. The molecule has 1 saturated heterocycles. The molecule has 194 valence electrons. The fourth-order valence-corrected chi connectivity index (χ4v) is 7.02. The number of nitrogens with two attached hydrogens (primary N) is 1. The lowest BCUT2D eigenvalue weighted by Gasteiger charge is -2.53. The van der Waals surface area contributed by atoms with Crippen LogP contribution in [0.2, 0.25) is 0 Å². The Morgan fingerprint density at radius 1 is 1.14 bits per heavy atom. The molecule has 6 atom stereocenters. The number of phenols is 1. The van der Waals surface area contributed by atoms with Crippen LogP contribution in [0.25, 0.3) is 0 Å². The summed E-state index contributed by atoms with van der Waals surface area (Å²) in [6, 6.07) is 2.40. The topological polar surface area (TPSA) is 165 Å². The normalized spacial score (nSPS) is 34.4. The summed E-state index contributed by atoms with van der Waals surface area (Å²) in [7, 11) is 3.29. The number of rotatable bonds is 3. The average molecular weight is 500 g/mol. The van der Waals surface area contributed by atoms with E-state index >= 15 is 0 Å². The Kier molecular flexibility index (Phi) is 5.89. The fraction of sp³-hybridized carbons (Fsp3) is 0.577. The van der Waals surface area contributed by atoms with E-state index in [1.54, 1.807) is 19.0 Å². The Labute approximate surface area is 209 Å². The van der Waals surface area contributed by atoms with E-state index in [2.05, 4.69) is 4.90 Å². The van der Waals surface area contributed by atoms with Crippen LogP contribution in [0.15, 0.2) is 23.5 Å². The van der Waals surface area contributed by atoms with Gasteiger partial charge in [0, 0.05) is 36.3 Å². The molecule has 1 aliphatic heterocycles. The molecular formula is C26H33N3O7. The minimum atomic E-state index is -2.56. The first kappa shape index (κ1) is 24.7. The van der Waals surface area contributed by atoms with Crippen LogP contribution in [0.5, 0.6) is 5.75 Å². The number of primary amides is 1. The number of piperidine rings is 1. The minimum absolute atomic E-state index is 0.0665. The van der Waals surface area contributed by atoms with Gasteiger partial charge in [0.05, 0.1) is 11.7 Å². The molecule has 1 heterocycles. The van der Waals surface area contributed by atoms with Gasteiger partial charge in [0.2, 0.25) is 5.91 Å². The van der Waals surface area contributed by atoms with Crippen LogP contribution >= 0.6 is 0 Å². The van der Waals surface area contributed by atoms with Gasteiger partial charge in [-0.25, -0.2) is 0 Å². The van der Waals surface area contributed by atoms with Gasteiger partial charge in [-0.05, 0) is 69.8 Å². The summed E-state index contributed by atoms with van der Waals surface area (Å²) in [5.41, 5.74) is 4.35. The smallest absolute Gasteiger partial charge is 0.230 e. The zero-order valence-electron chi connectivity index (χ0n) is 20.5. The number of carbonyl (C=O) groups excluding carboxylic acids is 3. The van der Waals surface area contributed by atoms with Crippen LogP contribution in [0, 0.1) is 17.8 Å². The van der Waals surface area contributed by atoms with Gasteiger partial charge in [0.1, 0.15) is 17.4 Å². The molecule has 1 aromatic rings. The zero-order chi connectivity index (χ0) is 26.1. The van der Waals surface area contributed by atoms with Gasteiger partial charge in [-0.2, -0.15) is 0 Å². The molecule has 10 heteroatoms. The molecule has 3 unspecified atom stereocenters. The van der Waals surface area contributed by atoms with E-state index < -0.39 is 58.7 Å². The van der Waals surface area contributed by atoms with Crippen molar-refractivity contribution in [1.29, 1.82) is 0 Å². The molecule has 0 aromatic heterocycles. The highest BCUT2D eigenvalue weighted by atomic mass is 16.3. The SMILES string of the molecule is CN(C)C1C(O)C(C(N)=O)C(=O)[C@@]2(O)C(O)=C3C(=O)c4c(O)ccc(N5CCCCC5)c4C[C@H]3C[C@@H]12. The first-order chi connectivity index (χ1) is 17.0. The van der Waals surface area contributed by atoms with Gasteiger partial charge in [0.15, 0.2) is 17.2 Å². The second kappa shape index (κ2) is 8.57. The molecule has 5 rings (SSSR count). The summed E-state index contributed by atoms with van der Waals surface area (Å²) in [6.45, 7) is 1.68. The molecule has 1 aromatic carbocycles. The molecule has 2 fully saturated rings. The molecule has 0 spiro atoms. The Bertz CT molecular complexity index is 1170. The van der Waals surface area contributed by atoms with E-state index in [4.69, 9.17) is 5.73 Å². The molecule has 0 radical (unpaired) electrons. The number of anilines is 1. The van der Waals surface area contributed by atoms with Crippen molar-refractivity contribution >= 4 is 23.2 Å². The number of hydrogen-bond acceptors (Lipinski definition) is 9. The van der Waals surface area contributed by atoms with E-state index in [1.165, 1.54) is 6.07 Å². The minimum Gasteiger partial charge on any atom is -0.508 e. The van der Waals surface area contributed by atoms with Crippen LogP contribution in [0.1, 0.15) is 41.6 Å². The molecule has 6 N–H and O–H groups in total. The van der Waals surface area contributed by atoms with Gasteiger partial charge in [-0.1, -0.05) is 0 Å². The van der Waals surface area contributed by atoms with Crippen molar-refractivity contribution in [3.8, 4) is 5.75 Å². The number of aromatic hydroxyl groups is 1. The molecule has 0 bridgehead atoms. The van der Waals surface area contributed by atoms with Gasteiger partial charge in [-0.15, -0.1) is 0 Å². The zero-order valence-corrected chi connectivity index (χ0v) is 20.5. The van der Waals surface area contributed by atoms with Crippen LogP contribution in [-0.4, -0.2) is 87.7 Å². The van der Waals surface area contributed by atoms with Crippen molar-refractivity contribution in [2.75, 3.05) is 32.1 Å². The number of fused-ring (bicyclic) bond motifs is 3. The molecular weight excluding hydrogens is 466 g/mol. The van der Waals surface area contributed by atoms with Crippen molar-refractivity contribution in [2.45, 2.75) is 49.9 Å². The van der Waals surface area contributed by atoms with E-state index in [0.717, 1.165) is 38.0 Å². The number of carbonyl (C=O) groups is 3.